The summed E-state index contributed by atoms with van der Waals surface area (Å²) < 4.78 is 0. The SMILES string of the molecule is CCCCC1CN(c2cccc(-c3ccccc3)c2)C(=O)CN1C(=O)C1CC(C)NN1. The molecule has 0 aliphatic carbocycles. The van der Waals surface area contributed by atoms with E-state index in [0.717, 1.165) is 42.5 Å². The van der Waals surface area contributed by atoms with Gasteiger partial charge in [0.05, 0.1) is 6.04 Å². The van der Waals surface area contributed by atoms with Crippen LogP contribution in [-0.2, 0) is 9.59 Å². The van der Waals surface area contributed by atoms with Crippen LogP contribution in [0.15, 0.2) is 54.6 Å². The van der Waals surface area contributed by atoms with E-state index >= 15 is 0 Å². The van der Waals surface area contributed by atoms with E-state index in [0.29, 0.717) is 6.54 Å². The topological polar surface area (TPSA) is 64.7 Å². The molecule has 4 rings (SSSR count). The van der Waals surface area contributed by atoms with Crippen molar-refractivity contribution < 1.29 is 9.59 Å². The Kier molecular flexibility index (Phi) is 6.68. The maximum atomic E-state index is 13.2. The van der Waals surface area contributed by atoms with Gasteiger partial charge >= 0.3 is 0 Å². The van der Waals surface area contributed by atoms with Gasteiger partial charge in [0.15, 0.2) is 0 Å². The first-order valence-electron chi connectivity index (χ1n) is 11.3. The van der Waals surface area contributed by atoms with E-state index in [1.807, 2.05) is 40.1 Å². The predicted molar refractivity (Wildman–Crippen MR) is 123 cm³/mol. The van der Waals surface area contributed by atoms with Crippen LogP contribution in [0.5, 0.6) is 0 Å². The molecule has 2 N–H and O–H groups in total. The standard InChI is InChI=1S/C25H32N4O2/c1-3-4-12-22-16-28(21-13-8-11-20(15-21)19-9-6-5-7-10-19)24(30)17-29(22)25(31)23-14-18(2)26-27-23/h5-11,13,15,18,22-23,26-27H,3-4,12,14,16-17H2,1-2H3. The third-order valence-corrected chi connectivity index (χ3v) is 6.27. The second-order valence-electron chi connectivity index (χ2n) is 8.66. The number of unbranched alkanes of at least 4 members (excludes halogenated alkanes) is 1. The van der Waals surface area contributed by atoms with Crippen LogP contribution >= 0.6 is 0 Å². The van der Waals surface area contributed by atoms with E-state index in [4.69, 9.17) is 0 Å². The molecule has 0 spiro atoms. The van der Waals surface area contributed by atoms with Gasteiger partial charge in [0.1, 0.15) is 12.6 Å². The van der Waals surface area contributed by atoms with Gasteiger partial charge in [-0.05, 0) is 43.0 Å². The van der Waals surface area contributed by atoms with E-state index < -0.39 is 0 Å². The van der Waals surface area contributed by atoms with E-state index in [1.54, 1.807) is 0 Å². The number of hydrogen-bond acceptors (Lipinski definition) is 4. The van der Waals surface area contributed by atoms with E-state index in [-0.39, 0.29) is 36.5 Å². The molecule has 3 atom stereocenters. The van der Waals surface area contributed by atoms with E-state index in [9.17, 15) is 9.59 Å². The van der Waals surface area contributed by atoms with Crippen molar-refractivity contribution in [2.45, 2.75) is 57.7 Å². The molecule has 2 aromatic rings. The van der Waals surface area contributed by atoms with Gasteiger partial charge in [-0.2, -0.15) is 0 Å². The zero-order valence-corrected chi connectivity index (χ0v) is 18.4. The van der Waals surface area contributed by atoms with Crippen molar-refractivity contribution in [3.8, 4) is 11.1 Å². The second kappa shape index (κ2) is 9.62. The molecule has 6 nitrogen and oxygen atoms in total. The number of amides is 2. The van der Waals surface area contributed by atoms with Crippen molar-refractivity contribution in [1.29, 1.82) is 0 Å². The van der Waals surface area contributed by atoms with Crippen molar-refractivity contribution >= 4 is 17.5 Å². The number of benzene rings is 2. The zero-order chi connectivity index (χ0) is 21.8. The molecule has 164 valence electrons. The molecule has 3 unspecified atom stereocenters. The largest absolute Gasteiger partial charge is 0.327 e. The summed E-state index contributed by atoms with van der Waals surface area (Å²) in [7, 11) is 0. The quantitative estimate of drug-likeness (QED) is 0.752. The molecule has 6 heteroatoms. The van der Waals surface area contributed by atoms with Crippen LogP contribution in [0.2, 0.25) is 0 Å². The summed E-state index contributed by atoms with van der Waals surface area (Å²) in [6.07, 6.45) is 3.75. The molecule has 2 heterocycles. The van der Waals surface area contributed by atoms with Crippen LogP contribution in [0.4, 0.5) is 5.69 Å². The molecule has 2 fully saturated rings. The molecular weight excluding hydrogens is 388 g/mol. The van der Waals surface area contributed by atoms with Crippen LogP contribution in [-0.4, -0.2) is 47.9 Å². The number of piperazine rings is 1. The number of anilines is 1. The smallest absolute Gasteiger partial charge is 0.246 e. The van der Waals surface area contributed by atoms with Gasteiger partial charge in [0, 0.05) is 18.3 Å². The number of carbonyl (C=O) groups excluding carboxylic acids is 2. The summed E-state index contributed by atoms with van der Waals surface area (Å²) in [5.74, 6) is 0.00861. The van der Waals surface area contributed by atoms with Gasteiger partial charge in [0.2, 0.25) is 11.8 Å². The number of nitrogens with zero attached hydrogens (tertiary/aromatic N) is 2. The maximum absolute atomic E-state index is 13.2. The summed E-state index contributed by atoms with van der Waals surface area (Å²) >= 11 is 0. The molecule has 0 bridgehead atoms. The lowest BCUT2D eigenvalue weighted by Gasteiger charge is -2.42. The van der Waals surface area contributed by atoms with Crippen LogP contribution < -0.4 is 15.8 Å². The monoisotopic (exact) mass is 420 g/mol. The molecule has 2 aliphatic rings. The maximum Gasteiger partial charge on any atom is 0.246 e. The van der Waals surface area contributed by atoms with Crippen LogP contribution in [0, 0.1) is 0 Å². The summed E-state index contributed by atoms with van der Waals surface area (Å²) in [5, 5.41) is 0. The Morgan fingerprint density at radius 2 is 1.84 bits per heavy atom. The molecule has 0 aromatic heterocycles. The molecule has 2 aromatic carbocycles. The fourth-order valence-electron chi connectivity index (χ4n) is 4.53. The summed E-state index contributed by atoms with van der Waals surface area (Å²) in [6.45, 7) is 4.89. The Hall–Kier alpha value is -2.70. The predicted octanol–water partition coefficient (Wildman–Crippen LogP) is 3.34. The molecule has 31 heavy (non-hydrogen) atoms. The normalized spacial score (nSPS) is 23.9. The lowest BCUT2D eigenvalue weighted by molar-refractivity contribution is -0.141. The minimum atomic E-state index is -0.264. The molecule has 0 saturated carbocycles. The van der Waals surface area contributed by atoms with Crippen molar-refractivity contribution in [3.63, 3.8) is 0 Å². The van der Waals surface area contributed by atoms with E-state index in [1.165, 1.54) is 0 Å². The second-order valence-corrected chi connectivity index (χ2v) is 8.66. The third-order valence-electron chi connectivity index (χ3n) is 6.27. The molecule has 2 amide bonds. The van der Waals surface area contributed by atoms with Crippen LogP contribution in [0.1, 0.15) is 39.5 Å². The molecular formula is C25H32N4O2. The number of nitrogens with one attached hydrogen (secondary N) is 2. The van der Waals surface area contributed by atoms with Gasteiger partial charge < -0.3 is 9.80 Å². The van der Waals surface area contributed by atoms with Crippen molar-refractivity contribution in [2.75, 3.05) is 18.0 Å². The third kappa shape index (κ3) is 4.81. The first-order valence-corrected chi connectivity index (χ1v) is 11.3. The first kappa shape index (κ1) is 21.5. The Balaban J connectivity index is 1.55. The number of carbonyl (C=O) groups is 2. The van der Waals surface area contributed by atoms with Gasteiger partial charge in [-0.15, -0.1) is 0 Å². The molecule has 0 radical (unpaired) electrons. The Labute approximate surface area is 184 Å². The minimum Gasteiger partial charge on any atom is -0.327 e. The van der Waals surface area contributed by atoms with Crippen LogP contribution in [0.25, 0.3) is 11.1 Å². The minimum absolute atomic E-state index is 0.0229. The van der Waals surface area contributed by atoms with Crippen molar-refractivity contribution in [3.05, 3.63) is 54.6 Å². The average molecular weight is 421 g/mol. The van der Waals surface area contributed by atoms with Crippen molar-refractivity contribution in [1.82, 2.24) is 15.8 Å². The summed E-state index contributed by atoms with van der Waals surface area (Å²) in [6, 6.07) is 18.3. The highest BCUT2D eigenvalue weighted by Gasteiger charge is 2.39. The highest BCUT2D eigenvalue weighted by molar-refractivity contribution is 5.99. The first-order chi connectivity index (χ1) is 15.1. The molecule has 2 saturated heterocycles. The molecule has 2 aliphatic heterocycles. The van der Waals surface area contributed by atoms with Gasteiger partial charge in [0.25, 0.3) is 0 Å². The fourth-order valence-corrected chi connectivity index (χ4v) is 4.53. The van der Waals surface area contributed by atoms with Crippen LogP contribution in [0.3, 0.4) is 0 Å². The highest BCUT2D eigenvalue weighted by atomic mass is 16.2. The zero-order valence-electron chi connectivity index (χ0n) is 18.4. The number of rotatable bonds is 6. The Bertz CT molecular complexity index is 917. The van der Waals surface area contributed by atoms with E-state index in [2.05, 4.69) is 49.0 Å². The summed E-state index contributed by atoms with van der Waals surface area (Å²) in [4.78, 5) is 30.0. The number of hydrazine groups is 1. The van der Waals surface area contributed by atoms with Gasteiger partial charge in [-0.25, -0.2) is 5.43 Å². The lowest BCUT2D eigenvalue weighted by atomic mass is 10.0. The average Bonchev–Trinajstić information content (AvgIpc) is 3.24. The fraction of sp³-hybridized carbons (Fsp3) is 0.440. The Morgan fingerprint density at radius 1 is 1.06 bits per heavy atom. The van der Waals surface area contributed by atoms with Crippen molar-refractivity contribution in [2.24, 2.45) is 0 Å². The highest BCUT2D eigenvalue weighted by Crippen LogP contribution is 2.28. The van der Waals surface area contributed by atoms with Gasteiger partial charge in [-0.3, -0.25) is 15.0 Å². The number of hydrogen-bond donors (Lipinski definition) is 2. The summed E-state index contributed by atoms with van der Waals surface area (Å²) in [5.41, 5.74) is 9.33. The van der Waals surface area contributed by atoms with Gasteiger partial charge in [-0.1, -0.05) is 62.2 Å². The Morgan fingerprint density at radius 3 is 2.55 bits per heavy atom. The lowest BCUT2D eigenvalue weighted by Crippen LogP contribution is -2.61.